The summed E-state index contributed by atoms with van der Waals surface area (Å²) < 4.78 is 26.9. The zero-order valence-corrected chi connectivity index (χ0v) is 12.4. The Morgan fingerprint density at radius 2 is 1.89 bits per heavy atom. The van der Waals surface area contributed by atoms with Crippen molar-refractivity contribution >= 4 is 10.0 Å². The summed E-state index contributed by atoms with van der Waals surface area (Å²) in [6.07, 6.45) is 2.03. The van der Waals surface area contributed by atoms with Crippen LogP contribution in [-0.4, -0.2) is 25.3 Å². The molecule has 1 aromatic rings. The minimum absolute atomic E-state index is 0.0629. The van der Waals surface area contributed by atoms with Crippen molar-refractivity contribution in [1.82, 2.24) is 4.31 Å². The van der Waals surface area contributed by atoms with E-state index in [1.807, 2.05) is 6.92 Å². The van der Waals surface area contributed by atoms with E-state index in [1.165, 1.54) is 0 Å². The molecule has 2 unspecified atom stereocenters. The second kappa shape index (κ2) is 5.61. The van der Waals surface area contributed by atoms with Gasteiger partial charge in [-0.25, -0.2) is 8.42 Å². The van der Waals surface area contributed by atoms with E-state index in [0.29, 0.717) is 23.9 Å². The van der Waals surface area contributed by atoms with E-state index in [1.54, 1.807) is 28.6 Å². The highest BCUT2D eigenvalue weighted by atomic mass is 32.2. The van der Waals surface area contributed by atoms with E-state index >= 15 is 0 Å². The summed E-state index contributed by atoms with van der Waals surface area (Å²) in [5.74, 6) is 0.409. The van der Waals surface area contributed by atoms with Gasteiger partial charge < -0.3 is 5.73 Å². The molecule has 1 fully saturated rings. The highest BCUT2D eigenvalue weighted by Crippen LogP contribution is 2.28. The van der Waals surface area contributed by atoms with Gasteiger partial charge in [-0.2, -0.15) is 4.31 Å². The molecule has 0 radical (unpaired) electrons. The van der Waals surface area contributed by atoms with E-state index in [0.717, 1.165) is 18.4 Å². The highest BCUT2D eigenvalue weighted by Gasteiger charge is 2.34. The molecule has 0 bridgehead atoms. The Morgan fingerprint density at radius 3 is 2.47 bits per heavy atom. The predicted octanol–water partition coefficient (Wildman–Crippen LogP) is 1.95. The van der Waals surface area contributed by atoms with Crippen LogP contribution in [0.5, 0.6) is 0 Å². The average molecular weight is 282 g/mol. The molecule has 1 aromatic carbocycles. The lowest BCUT2D eigenvalue weighted by Gasteiger charge is -2.36. The molecular formula is C14H22N2O2S. The minimum Gasteiger partial charge on any atom is -0.326 e. The standard InChI is InChI=1S/C14H22N2O2S/c1-11-4-3-9-16(12(11)2)19(17,18)14-7-5-13(10-15)6-8-14/h5-8,11-12H,3-4,9-10,15H2,1-2H3. The summed E-state index contributed by atoms with van der Waals surface area (Å²) in [5, 5.41) is 0. The van der Waals surface area contributed by atoms with E-state index in [4.69, 9.17) is 5.73 Å². The molecule has 2 atom stereocenters. The number of nitrogens with zero attached hydrogens (tertiary/aromatic N) is 1. The van der Waals surface area contributed by atoms with Crippen molar-refractivity contribution in [3.63, 3.8) is 0 Å². The summed E-state index contributed by atoms with van der Waals surface area (Å²) in [7, 11) is -3.38. The van der Waals surface area contributed by atoms with Gasteiger partial charge in [0.05, 0.1) is 4.90 Å². The average Bonchev–Trinajstić information content (AvgIpc) is 2.41. The largest absolute Gasteiger partial charge is 0.326 e. The zero-order chi connectivity index (χ0) is 14.0. The Kier molecular flexibility index (Phi) is 4.28. The molecule has 0 aliphatic carbocycles. The predicted molar refractivity (Wildman–Crippen MR) is 76.1 cm³/mol. The van der Waals surface area contributed by atoms with E-state index in [2.05, 4.69) is 6.92 Å². The van der Waals surface area contributed by atoms with Gasteiger partial charge in [0.25, 0.3) is 0 Å². The van der Waals surface area contributed by atoms with Crippen LogP contribution in [0.25, 0.3) is 0 Å². The minimum atomic E-state index is -3.38. The van der Waals surface area contributed by atoms with Crippen LogP contribution in [0, 0.1) is 5.92 Å². The molecule has 19 heavy (non-hydrogen) atoms. The lowest BCUT2D eigenvalue weighted by Crippen LogP contribution is -2.45. The van der Waals surface area contributed by atoms with E-state index in [9.17, 15) is 8.42 Å². The van der Waals surface area contributed by atoms with Gasteiger partial charge in [0.15, 0.2) is 0 Å². The van der Waals surface area contributed by atoms with Crippen molar-refractivity contribution in [1.29, 1.82) is 0 Å². The summed E-state index contributed by atoms with van der Waals surface area (Å²) in [6, 6.07) is 6.94. The van der Waals surface area contributed by atoms with Crippen LogP contribution in [0.2, 0.25) is 0 Å². The van der Waals surface area contributed by atoms with Gasteiger partial charge in [0.2, 0.25) is 10.0 Å². The zero-order valence-electron chi connectivity index (χ0n) is 11.5. The molecule has 0 aromatic heterocycles. The monoisotopic (exact) mass is 282 g/mol. The third-order valence-electron chi connectivity index (χ3n) is 4.08. The summed E-state index contributed by atoms with van der Waals surface area (Å²) >= 11 is 0. The SMILES string of the molecule is CC1CCCN(S(=O)(=O)c2ccc(CN)cc2)C1C. The number of benzene rings is 1. The molecule has 1 saturated heterocycles. The fraction of sp³-hybridized carbons (Fsp3) is 0.571. The van der Waals surface area contributed by atoms with Crippen LogP contribution in [0.4, 0.5) is 0 Å². The first-order valence-corrected chi connectivity index (χ1v) is 8.21. The van der Waals surface area contributed by atoms with Gasteiger partial charge in [-0.05, 0) is 43.4 Å². The van der Waals surface area contributed by atoms with Crippen LogP contribution in [-0.2, 0) is 16.6 Å². The third-order valence-corrected chi connectivity index (χ3v) is 6.08. The molecule has 4 nitrogen and oxygen atoms in total. The number of sulfonamides is 1. The fourth-order valence-electron chi connectivity index (χ4n) is 2.57. The molecular weight excluding hydrogens is 260 g/mol. The third kappa shape index (κ3) is 2.83. The maximum absolute atomic E-state index is 12.6. The summed E-state index contributed by atoms with van der Waals surface area (Å²) in [4.78, 5) is 0.366. The normalized spacial score (nSPS) is 25.4. The lowest BCUT2D eigenvalue weighted by molar-refractivity contribution is 0.202. The molecule has 106 valence electrons. The van der Waals surface area contributed by atoms with Crippen molar-refractivity contribution in [3.8, 4) is 0 Å². The molecule has 5 heteroatoms. The number of hydrogen-bond donors (Lipinski definition) is 1. The van der Waals surface area contributed by atoms with Gasteiger partial charge in [-0.3, -0.25) is 0 Å². The molecule has 1 heterocycles. The second-order valence-electron chi connectivity index (χ2n) is 5.32. The first-order chi connectivity index (χ1) is 8.96. The van der Waals surface area contributed by atoms with Crippen molar-refractivity contribution in [2.24, 2.45) is 11.7 Å². The Labute approximate surface area is 115 Å². The fourth-order valence-corrected chi connectivity index (χ4v) is 4.34. The first-order valence-electron chi connectivity index (χ1n) is 6.77. The topological polar surface area (TPSA) is 63.4 Å². The molecule has 2 rings (SSSR count). The molecule has 0 amide bonds. The molecule has 0 spiro atoms. The highest BCUT2D eigenvalue weighted by molar-refractivity contribution is 7.89. The molecule has 0 saturated carbocycles. The van der Waals surface area contributed by atoms with Crippen LogP contribution in [0.15, 0.2) is 29.2 Å². The Hall–Kier alpha value is -0.910. The van der Waals surface area contributed by atoms with Crippen molar-refractivity contribution in [3.05, 3.63) is 29.8 Å². The maximum atomic E-state index is 12.6. The van der Waals surface area contributed by atoms with Gasteiger partial charge in [0, 0.05) is 19.1 Å². The van der Waals surface area contributed by atoms with Gasteiger partial charge in [-0.1, -0.05) is 19.1 Å². The second-order valence-corrected chi connectivity index (χ2v) is 7.21. The lowest BCUT2D eigenvalue weighted by atomic mass is 9.94. The van der Waals surface area contributed by atoms with Crippen molar-refractivity contribution in [2.75, 3.05) is 6.54 Å². The Morgan fingerprint density at radius 1 is 1.26 bits per heavy atom. The number of piperidine rings is 1. The van der Waals surface area contributed by atoms with E-state index < -0.39 is 10.0 Å². The number of rotatable bonds is 3. The summed E-state index contributed by atoms with van der Waals surface area (Å²) in [6.45, 7) is 5.16. The quantitative estimate of drug-likeness (QED) is 0.921. The van der Waals surface area contributed by atoms with Crippen LogP contribution in [0.1, 0.15) is 32.3 Å². The molecule has 1 aliphatic heterocycles. The van der Waals surface area contributed by atoms with Crippen LogP contribution in [0.3, 0.4) is 0 Å². The van der Waals surface area contributed by atoms with Gasteiger partial charge in [-0.15, -0.1) is 0 Å². The Balaban J connectivity index is 2.30. The van der Waals surface area contributed by atoms with Crippen LogP contribution < -0.4 is 5.73 Å². The molecule has 2 N–H and O–H groups in total. The van der Waals surface area contributed by atoms with Gasteiger partial charge in [0.1, 0.15) is 0 Å². The van der Waals surface area contributed by atoms with Crippen molar-refractivity contribution in [2.45, 2.75) is 44.2 Å². The van der Waals surface area contributed by atoms with Crippen LogP contribution >= 0.6 is 0 Å². The maximum Gasteiger partial charge on any atom is 0.243 e. The smallest absolute Gasteiger partial charge is 0.243 e. The van der Waals surface area contributed by atoms with E-state index in [-0.39, 0.29) is 6.04 Å². The number of hydrogen-bond acceptors (Lipinski definition) is 3. The van der Waals surface area contributed by atoms with Gasteiger partial charge >= 0.3 is 0 Å². The van der Waals surface area contributed by atoms with Crippen molar-refractivity contribution < 1.29 is 8.42 Å². The Bertz CT molecular complexity index is 525. The number of nitrogens with two attached hydrogens (primary N) is 1. The molecule has 1 aliphatic rings. The summed E-state index contributed by atoms with van der Waals surface area (Å²) in [5.41, 5.74) is 6.48. The first kappa shape index (κ1) is 14.5.